The fourth-order valence-corrected chi connectivity index (χ4v) is 4.11. The van der Waals surface area contributed by atoms with Gasteiger partial charge in [0.05, 0.1) is 12.2 Å². The van der Waals surface area contributed by atoms with Crippen molar-refractivity contribution in [2.75, 3.05) is 19.7 Å². The van der Waals surface area contributed by atoms with Gasteiger partial charge in [0, 0.05) is 34.1 Å². The average molecular weight is 497 g/mol. The molecule has 1 aliphatic rings. The standard InChI is InChI=1S/C22H27Br2NO2/c1-16(2)15-27-21-8-7-20(24)13-17(21)14-25-11-9-22(26,10-12-25)18-3-5-19(23)6-4-18/h3-8,13,16,26H,9-12,14-15H2,1-2H3. The molecule has 3 nitrogen and oxygen atoms in total. The van der Waals surface area contributed by atoms with Crippen molar-refractivity contribution in [3.05, 3.63) is 62.5 Å². The number of benzene rings is 2. The Morgan fingerprint density at radius 1 is 1.04 bits per heavy atom. The first kappa shape index (κ1) is 20.8. The maximum atomic E-state index is 11.1. The second-order valence-electron chi connectivity index (χ2n) is 7.77. The third-order valence-electron chi connectivity index (χ3n) is 5.05. The number of halogens is 2. The van der Waals surface area contributed by atoms with E-state index in [-0.39, 0.29) is 0 Å². The Morgan fingerprint density at radius 3 is 2.30 bits per heavy atom. The van der Waals surface area contributed by atoms with E-state index in [2.05, 4.69) is 56.7 Å². The molecule has 1 aliphatic heterocycles. The molecule has 27 heavy (non-hydrogen) atoms. The second kappa shape index (κ2) is 9.08. The summed E-state index contributed by atoms with van der Waals surface area (Å²) in [6, 6.07) is 14.3. The van der Waals surface area contributed by atoms with Crippen molar-refractivity contribution in [2.45, 2.75) is 38.8 Å². The van der Waals surface area contributed by atoms with Crippen molar-refractivity contribution < 1.29 is 9.84 Å². The molecule has 1 N–H and O–H groups in total. The normalized spacial score (nSPS) is 17.3. The summed E-state index contributed by atoms with van der Waals surface area (Å²) in [7, 11) is 0. The number of aliphatic hydroxyl groups is 1. The number of nitrogens with zero attached hydrogens (tertiary/aromatic N) is 1. The van der Waals surface area contributed by atoms with E-state index >= 15 is 0 Å². The van der Waals surface area contributed by atoms with E-state index in [1.807, 2.05) is 36.4 Å². The van der Waals surface area contributed by atoms with Crippen LogP contribution < -0.4 is 4.74 Å². The molecule has 0 amide bonds. The van der Waals surface area contributed by atoms with E-state index in [0.29, 0.717) is 5.92 Å². The van der Waals surface area contributed by atoms with Gasteiger partial charge in [0.25, 0.3) is 0 Å². The van der Waals surface area contributed by atoms with Gasteiger partial charge < -0.3 is 9.84 Å². The number of ether oxygens (including phenoxy) is 1. The van der Waals surface area contributed by atoms with Crippen LogP contribution in [0.15, 0.2) is 51.4 Å². The Bertz CT molecular complexity index is 753. The summed E-state index contributed by atoms with van der Waals surface area (Å²) in [6.45, 7) is 7.60. The minimum absolute atomic E-state index is 0.498. The lowest BCUT2D eigenvalue weighted by atomic mass is 9.84. The van der Waals surface area contributed by atoms with Crippen LogP contribution in [0.4, 0.5) is 0 Å². The lowest BCUT2D eigenvalue weighted by Gasteiger charge is -2.38. The lowest BCUT2D eigenvalue weighted by molar-refractivity contribution is -0.0278. The van der Waals surface area contributed by atoms with E-state index in [0.717, 1.165) is 59.3 Å². The monoisotopic (exact) mass is 495 g/mol. The van der Waals surface area contributed by atoms with Gasteiger partial charge in [0.2, 0.25) is 0 Å². The molecule has 0 radical (unpaired) electrons. The molecule has 146 valence electrons. The minimum Gasteiger partial charge on any atom is -0.493 e. The highest BCUT2D eigenvalue weighted by Gasteiger charge is 2.34. The molecule has 0 aromatic heterocycles. The van der Waals surface area contributed by atoms with Crippen molar-refractivity contribution in [3.63, 3.8) is 0 Å². The van der Waals surface area contributed by atoms with E-state index < -0.39 is 5.60 Å². The van der Waals surface area contributed by atoms with Crippen molar-refractivity contribution in [2.24, 2.45) is 5.92 Å². The fourth-order valence-electron chi connectivity index (χ4n) is 3.44. The van der Waals surface area contributed by atoms with Gasteiger partial charge in [-0.15, -0.1) is 0 Å². The van der Waals surface area contributed by atoms with E-state index in [1.165, 1.54) is 5.56 Å². The lowest BCUT2D eigenvalue weighted by Crippen LogP contribution is -2.42. The van der Waals surface area contributed by atoms with Crippen molar-refractivity contribution in [1.82, 2.24) is 4.90 Å². The molecule has 0 spiro atoms. The van der Waals surface area contributed by atoms with E-state index in [4.69, 9.17) is 4.74 Å². The molecular weight excluding hydrogens is 470 g/mol. The second-order valence-corrected chi connectivity index (χ2v) is 9.60. The summed E-state index contributed by atoms with van der Waals surface area (Å²) in [5.74, 6) is 1.46. The van der Waals surface area contributed by atoms with Crippen LogP contribution in [0.1, 0.15) is 37.8 Å². The molecule has 1 heterocycles. The maximum absolute atomic E-state index is 11.1. The molecule has 5 heteroatoms. The molecule has 3 rings (SSSR count). The molecule has 0 unspecified atom stereocenters. The highest BCUT2D eigenvalue weighted by Crippen LogP contribution is 2.35. The summed E-state index contributed by atoms with van der Waals surface area (Å²) >= 11 is 7.04. The van der Waals surface area contributed by atoms with Crippen LogP contribution >= 0.6 is 31.9 Å². The Labute approximate surface area is 179 Å². The van der Waals surface area contributed by atoms with Crippen LogP contribution in [-0.2, 0) is 12.1 Å². The Kier molecular flexibility index (Phi) is 7.01. The molecular formula is C22H27Br2NO2. The first-order valence-corrected chi connectivity index (χ1v) is 11.1. The summed E-state index contributed by atoms with van der Waals surface area (Å²) in [5.41, 5.74) is 1.47. The fraction of sp³-hybridized carbons (Fsp3) is 0.455. The smallest absolute Gasteiger partial charge is 0.123 e. The largest absolute Gasteiger partial charge is 0.493 e. The van der Waals surface area contributed by atoms with Gasteiger partial charge in [-0.2, -0.15) is 0 Å². The Balaban J connectivity index is 1.65. The minimum atomic E-state index is -0.731. The highest BCUT2D eigenvalue weighted by atomic mass is 79.9. The Hall–Kier alpha value is -0.880. The van der Waals surface area contributed by atoms with Gasteiger partial charge in [-0.25, -0.2) is 0 Å². The number of rotatable bonds is 6. The van der Waals surface area contributed by atoms with Crippen molar-refractivity contribution in [1.29, 1.82) is 0 Å². The third-order valence-corrected chi connectivity index (χ3v) is 6.08. The maximum Gasteiger partial charge on any atom is 0.123 e. The Morgan fingerprint density at radius 2 is 1.67 bits per heavy atom. The van der Waals surface area contributed by atoms with Crippen LogP contribution in [0.5, 0.6) is 5.75 Å². The number of hydrogen-bond acceptors (Lipinski definition) is 3. The molecule has 2 aromatic carbocycles. The van der Waals surface area contributed by atoms with E-state index in [1.54, 1.807) is 0 Å². The van der Waals surface area contributed by atoms with Gasteiger partial charge in [0.1, 0.15) is 5.75 Å². The molecule has 0 atom stereocenters. The van der Waals surface area contributed by atoms with Crippen LogP contribution in [0.25, 0.3) is 0 Å². The van der Waals surface area contributed by atoms with E-state index in [9.17, 15) is 5.11 Å². The first-order chi connectivity index (χ1) is 12.9. The average Bonchev–Trinajstić information content (AvgIpc) is 2.63. The topological polar surface area (TPSA) is 32.7 Å². The first-order valence-electron chi connectivity index (χ1n) is 9.48. The molecule has 0 bridgehead atoms. The number of likely N-dealkylation sites (tertiary alicyclic amines) is 1. The predicted molar refractivity (Wildman–Crippen MR) is 117 cm³/mol. The number of hydrogen-bond donors (Lipinski definition) is 1. The summed E-state index contributed by atoms with van der Waals surface area (Å²) in [6.07, 6.45) is 1.48. The zero-order valence-corrected chi connectivity index (χ0v) is 19.1. The molecule has 0 aliphatic carbocycles. The van der Waals surface area contributed by atoms with Gasteiger partial charge in [-0.1, -0.05) is 57.8 Å². The SMILES string of the molecule is CC(C)COc1ccc(Br)cc1CN1CCC(O)(c2ccc(Br)cc2)CC1. The van der Waals surface area contributed by atoms with Gasteiger partial charge in [0.15, 0.2) is 0 Å². The zero-order chi connectivity index (χ0) is 19.4. The summed E-state index contributed by atoms with van der Waals surface area (Å²) in [5, 5.41) is 11.1. The van der Waals surface area contributed by atoms with Gasteiger partial charge in [-0.05, 0) is 54.7 Å². The van der Waals surface area contributed by atoms with Gasteiger partial charge in [-0.3, -0.25) is 4.90 Å². The zero-order valence-electron chi connectivity index (χ0n) is 15.9. The summed E-state index contributed by atoms with van der Waals surface area (Å²) in [4.78, 5) is 2.40. The van der Waals surface area contributed by atoms with Crippen LogP contribution in [0.3, 0.4) is 0 Å². The molecule has 1 fully saturated rings. The van der Waals surface area contributed by atoms with Crippen LogP contribution in [0, 0.1) is 5.92 Å². The summed E-state index contributed by atoms with van der Waals surface area (Å²) < 4.78 is 8.12. The van der Waals surface area contributed by atoms with Crippen molar-refractivity contribution >= 4 is 31.9 Å². The molecule has 0 saturated carbocycles. The van der Waals surface area contributed by atoms with Crippen LogP contribution in [0.2, 0.25) is 0 Å². The molecule has 2 aromatic rings. The number of piperidine rings is 1. The third kappa shape index (κ3) is 5.57. The quantitative estimate of drug-likeness (QED) is 0.554. The van der Waals surface area contributed by atoms with Crippen molar-refractivity contribution in [3.8, 4) is 5.75 Å². The van der Waals surface area contributed by atoms with Crippen LogP contribution in [-0.4, -0.2) is 29.7 Å². The molecule has 1 saturated heterocycles. The highest BCUT2D eigenvalue weighted by molar-refractivity contribution is 9.10. The van der Waals surface area contributed by atoms with Gasteiger partial charge >= 0.3 is 0 Å². The predicted octanol–water partition coefficient (Wildman–Crippen LogP) is 5.73.